The van der Waals surface area contributed by atoms with Crippen molar-refractivity contribution in [2.24, 2.45) is 0 Å². The molecule has 25 nitrogen and oxygen atoms in total. The fourth-order valence-corrected chi connectivity index (χ4v) is 12.1. The lowest BCUT2D eigenvalue weighted by molar-refractivity contribution is -0.139. The minimum atomic E-state index is -0.882. The summed E-state index contributed by atoms with van der Waals surface area (Å²) < 4.78 is 12.9. The first-order valence-electron chi connectivity index (χ1n) is 31.9. The molecular weight excluding hydrogens is 1140 g/mol. The average Bonchev–Trinajstić information content (AvgIpc) is 1.88. The van der Waals surface area contributed by atoms with Crippen LogP contribution in [-0.2, 0) is 67.3 Å². The number of nitrogens with zero attached hydrogens (tertiary/aromatic N) is 5. The van der Waals surface area contributed by atoms with Gasteiger partial charge in [0.2, 0.25) is 47.3 Å². The summed E-state index contributed by atoms with van der Waals surface area (Å²) in [4.78, 5) is 130. The number of anilines is 1. The van der Waals surface area contributed by atoms with E-state index < -0.39 is 47.9 Å². The Balaban J connectivity index is 0.684. The van der Waals surface area contributed by atoms with Gasteiger partial charge in [-0.05, 0) is 121 Å². The molecule has 25 heteroatoms. The molecule has 10 N–H and O–H groups in total. The fourth-order valence-electron chi connectivity index (χ4n) is 12.1. The van der Waals surface area contributed by atoms with Crippen molar-refractivity contribution in [1.29, 1.82) is 0 Å². The highest BCUT2D eigenvalue weighted by Crippen LogP contribution is 2.31. The molecule has 4 aliphatic rings. The van der Waals surface area contributed by atoms with Crippen LogP contribution in [0, 0.1) is 0 Å². The van der Waals surface area contributed by atoms with Crippen molar-refractivity contribution in [2.75, 3.05) is 52.2 Å². The molecule has 2 aromatic carbocycles. The highest BCUT2D eigenvalue weighted by molar-refractivity contribution is 6.06. The highest BCUT2D eigenvalue weighted by Gasteiger charge is 2.42. The predicted molar refractivity (Wildman–Crippen MR) is 334 cm³/mol. The van der Waals surface area contributed by atoms with Gasteiger partial charge in [0.25, 0.3) is 0 Å². The van der Waals surface area contributed by atoms with Crippen molar-refractivity contribution in [3.05, 3.63) is 65.5 Å². The van der Waals surface area contributed by atoms with Gasteiger partial charge in [-0.15, -0.1) is 0 Å². The van der Waals surface area contributed by atoms with Crippen LogP contribution in [0.5, 0.6) is 0 Å². The number of benzene rings is 2. The lowest BCUT2D eigenvalue weighted by Gasteiger charge is -2.29. The molecule has 0 saturated carbocycles. The van der Waals surface area contributed by atoms with Crippen LogP contribution in [0.1, 0.15) is 154 Å². The van der Waals surface area contributed by atoms with Crippen LogP contribution in [0.3, 0.4) is 0 Å². The van der Waals surface area contributed by atoms with Gasteiger partial charge in [-0.3, -0.25) is 43.3 Å². The van der Waals surface area contributed by atoms with E-state index in [-0.39, 0.29) is 92.1 Å². The number of nitrogens with one attached hydrogen (secondary N) is 8. The molecule has 2 unspecified atom stereocenters. The normalized spacial score (nSPS) is 20.9. The van der Waals surface area contributed by atoms with Crippen molar-refractivity contribution in [1.82, 2.24) is 66.9 Å². The maximum Gasteiger partial charge on any atom is 0.411 e. The number of aromatic nitrogens is 3. The number of hydrogen-bond acceptors (Lipinski definition) is 15. The molecule has 7 atom stereocenters. The first-order chi connectivity index (χ1) is 42.8. The summed E-state index contributed by atoms with van der Waals surface area (Å²) >= 11 is 0. The number of carbonyl (C=O) groups is 9. The van der Waals surface area contributed by atoms with Crippen LogP contribution in [0.2, 0.25) is 0 Å². The fraction of sp³-hybridized carbons (Fsp3) is 0.609. The molecule has 6 heterocycles. The number of nitrogens with two attached hydrogens (primary N) is 1. The second-order valence-electron chi connectivity index (χ2n) is 25.0. The summed E-state index contributed by atoms with van der Waals surface area (Å²) in [6.07, 6.45) is 8.84. The van der Waals surface area contributed by atoms with Crippen molar-refractivity contribution in [2.45, 2.75) is 204 Å². The molecular formula is C64H92N14O11. The number of imidazole rings is 1. The SMILES string of the molecule is CCCCc1nc2c(N)nc3ccccc3c2n1Cc1ccc(CNC(=O)[C@@H]2C[C@@H](NC(=O)CCCCC(=O)N[C@@H]3CN[C@@H](C(=O)NCCCCC4NC(=O)C(CCCCNC(=O)[C@H]5CCCN5C(=O)CCOC)NC4=O)C3)CN2C(=O)OC(C)(C)C)cc1. The number of hydrogen-bond donors (Lipinski definition) is 9. The minimum absolute atomic E-state index is 0.0882. The van der Waals surface area contributed by atoms with Crippen LogP contribution < -0.4 is 48.3 Å². The van der Waals surface area contributed by atoms with Crippen molar-refractivity contribution >= 4 is 81.1 Å². The van der Waals surface area contributed by atoms with Crippen LogP contribution in [-0.4, -0.2) is 172 Å². The smallest absolute Gasteiger partial charge is 0.411 e. The van der Waals surface area contributed by atoms with Gasteiger partial charge >= 0.3 is 6.09 Å². The van der Waals surface area contributed by atoms with E-state index in [0.29, 0.717) is 115 Å². The minimum Gasteiger partial charge on any atom is -0.444 e. The van der Waals surface area contributed by atoms with E-state index in [1.807, 2.05) is 48.5 Å². The second-order valence-corrected chi connectivity index (χ2v) is 25.0. The van der Waals surface area contributed by atoms with Crippen LogP contribution >= 0.6 is 0 Å². The summed E-state index contributed by atoms with van der Waals surface area (Å²) in [5.74, 6) is -0.426. The number of aryl methyl sites for hydroxylation is 1. The standard InChI is InChI=1S/C64H92N14O11/c1-6-7-22-51-75-55-56(44-17-8-9-18-45(44)72-57(55)65)78(51)38-41-27-25-40(26-28-41)36-69-62(86)50-35-43(39-77(50)63(87)89-64(2,3)4)71-53(80)24-11-10-23-52(79)70-42-34-48(68-37-42)58(82)66-30-14-12-19-46-59(83)74-47(60(84)73-46)20-13-15-31-67-61(85)49-21-16-32-76(49)54(81)29-33-88-5/h8-9,17-18,25-28,42-43,46-50,68H,6-7,10-16,19-24,29-39H2,1-5H3,(H2,65,72)(H,66,82)(H,67,85)(H,69,86)(H,70,79)(H,71,80)(H,73,84)(H,74,83)/t42-,43+,46?,47?,48+,49+,50-/m0/s1. The Morgan fingerprint density at radius 1 is 0.719 bits per heavy atom. The lowest BCUT2D eigenvalue weighted by Crippen LogP contribution is -2.61. The zero-order valence-electron chi connectivity index (χ0n) is 52.3. The van der Waals surface area contributed by atoms with E-state index in [0.717, 1.165) is 59.1 Å². The Hall–Kier alpha value is -7.93. The summed E-state index contributed by atoms with van der Waals surface area (Å²) in [5.41, 5.74) is 9.99. The van der Waals surface area contributed by atoms with E-state index in [9.17, 15) is 43.2 Å². The van der Waals surface area contributed by atoms with Crippen molar-refractivity contribution < 1.29 is 52.6 Å². The lowest BCUT2D eigenvalue weighted by atomic mass is 10.0. The van der Waals surface area contributed by atoms with Gasteiger partial charge in [0, 0.05) is 89.7 Å². The Kier molecular flexibility index (Phi) is 24.1. The molecule has 9 amide bonds. The van der Waals surface area contributed by atoms with Crippen LogP contribution in [0.15, 0.2) is 48.5 Å². The molecule has 2 aromatic heterocycles. The zero-order chi connectivity index (χ0) is 63.6. The predicted octanol–water partition coefficient (Wildman–Crippen LogP) is 3.66. The first-order valence-corrected chi connectivity index (χ1v) is 31.9. The van der Waals surface area contributed by atoms with Gasteiger partial charge in [-0.1, -0.05) is 55.8 Å². The number of pyridine rings is 1. The number of unbranched alkanes of at least 4 members (excludes halogenated alkanes) is 4. The van der Waals surface area contributed by atoms with Gasteiger partial charge in [-0.25, -0.2) is 14.8 Å². The maximum atomic E-state index is 13.9. The molecule has 0 aliphatic carbocycles. The molecule has 0 spiro atoms. The van der Waals surface area contributed by atoms with Gasteiger partial charge in [0.15, 0.2) is 5.82 Å². The summed E-state index contributed by atoms with van der Waals surface area (Å²) in [7, 11) is 1.53. The van der Waals surface area contributed by atoms with E-state index >= 15 is 0 Å². The molecule has 4 aliphatic heterocycles. The number of piperazine rings is 1. The Morgan fingerprint density at radius 2 is 1.36 bits per heavy atom. The number of rotatable bonds is 30. The number of para-hydroxylation sites is 1. The van der Waals surface area contributed by atoms with Crippen LogP contribution in [0.25, 0.3) is 21.9 Å². The molecule has 4 aromatic rings. The summed E-state index contributed by atoms with van der Waals surface area (Å²) in [6.45, 7) is 10.3. The number of amides is 9. The number of likely N-dealkylation sites (tertiary alicyclic amines) is 2. The number of nitrogen functional groups attached to an aromatic ring is 1. The Bertz CT molecular complexity index is 3150. The largest absolute Gasteiger partial charge is 0.444 e. The summed E-state index contributed by atoms with van der Waals surface area (Å²) in [6, 6.07) is 12.0. The van der Waals surface area contributed by atoms with Gasteiger partial charge in [0.05, 0.1) is 30.1 Å². The average molecular weight is 1230 g/mol. The van der Waals surface area contributed by atoms with Gasteiger partial charge in [0.1, 0.15) is 41.1 Å². The molecule has 4 fully saturated rings. The van der Waals surface area contributed by atoms with E-state index in [1.54, 1.807) is 25.7 Å². The third-order valence-corrected chi connectivity index (χ3v) is 16.8. The zero-order valence-corrected chi connectivity index (χ0v) is 52.3. The quantitative estimate of drug-likeness (QED) is 0.0337. The van der Waals surface area contributed by atoms with Crippen molar-refractivity contribution in [3.63, 3.8) is 0 Å². The molecule has 0 radical (unpaired) electrons. The van der Waals surface area contributed by atoms with E-state index in [2.05, 4.69) is 59.0 Å². The third kappa shape index (κ3) is 18.8. The Labute approximate surface area is 520 Å². The highest BCUT2D eigenvalue weighted by atomic mass is 16.6. The van der Waals surface area contributed by atoms with E-state index in [4.69, 9.17) is 20.2 Å². The molecule has 4 saturated heterocycles. The number of carbonyl (C=O) groups excluding carboxylic acids is 9. The number of fused-ring (bicyclic) bond motifs is 3. The molecule has 8 rings (SSSR count). The van der Waals surface area contributed by atoms with Gasteiger partial charge in [-0.2, -0.15) is 0 Å². The maximum absolute atomic E-state index is 13.9. The van der Waals surface area contributed by atoms with E-state index in [1.165, 1.54) is 12.0 Å². The molecule has 0 bridgehead atoms. The monoisotopic (exact) mass is 1230 g/mol. The topological polar surface area (TPSA) is 332 Å². The second kappa shape index (κ2) is 32.0. The number of methoxy groups -OCH3 is 1. The Morgan fingerprint density at radius 3 is 2.02 bits per heavy atom. The third-order valence-electron chi connectivity index (χ3n) is 16.8. The molecule has 89 heavy (non-hydrogen) atoms. The molecule has 484 valence electrons. The summed E-state index contributed by atoms with van der Waals surface area (Å²) in [5, 5.41) is 24.6. The first kappa shape index (κ1) is 67.0. The van der Waals surface area contributed by atoms with Crippen LogP contribution in [0.4, 0.5) is 10.6 Å². The van der Waals surface area contributed by atoms with Gasteiger partial charge < -0.3 is 67.2 Å². The number of ether oxygens (including phenoxy) is 2. The van der Waals surface area contributed by atoms with Crippen molar-refractivity contribution in [3.8, 4) is 0 Å².